The number of carbonyl (C=O) groups is 2. The van der Waals surface area contributed by atoms with Crippen molar-refractivity contribution in [2.24, 2.45) is 0 Å². The summed E-state index contributed by atoms with van der Waals surface area (Å²) in [4.78, 5) is 44.9. The van der Waals surface area contributed by atoms with Crippen molar-refractivity contribution >= 4 is 33.4 Å². The Bertz CT molecular complexity index is 918. The molecular formula is C19H25N3O4S. The predicted octanol–water partition coefficient (Wildman–Crippen LogP) is 2.73. The number of aromatic nitrogens is 2. The molecule has 1 unspecified atom stereocenters. The molecule has 27 heavy (non-hydrogen) atoms. The average Bonchev–Trinajstić information content (AvgIpc) is 3.01. The van der Waals surface area contributed by atoms with Crippen molar-refractivity contribution in [2.75, 3.05) is 13.2 Å². The lowest BCUT2D eigenvalue weighted by Gasteiger charge is -2.35. The van der Waals surface area contributed by atoms with Crippen LogP contribution < -0.4 is 5.56 Å². The van der Waals surface area contributed by atoms with Gasteiger partial charge in [0.15, 0.2) is 0 Å². The Morgan fingerprint density at radius 2 is 2.11 bits per heavy atom. The summed E-state index contributed by atoms with van der Waals surface area (Å²) in [5, 5.41) is 0.393. The van der Waals surface area contributed by atoms with E-state index in [9.17, 15) is 14.4 Å². The van der Waals surface area contributed by atoms with Crippen LogP contribution in [0.1, 0.15) is 54.8 Å². The SMILES string of the molecule is CCOC(=O)c1sc2ncn(CC(=O)N3CCCCC3CC)c(=O)c2c1C. The minimum absolute atomic E-state index is 0.0255. The number of carbonyl (C=O) groups excluding carboxylic acids is 2. The van der Waals surface area contributed by atoms with Gasteiger partial charge in [0.25, 0.3) is 5.56 Å². The highest BCUT2D eigenvalue weighted by atomic mass is 32.1. The molecule has 1 aliphatic rings. The van der Waals surface area contributed by atoms with Crippen molar-refractivity contribution < 1.29 is 14.3 Å². The van der Waals surface area contributed by atoms with Crippen molar-refractivity contribution in [1.82, 2.24) is 14.5 Å². The van der Waals surface area contributed by atoms with Crippen LogP contribution in [0.5, 0.6) is 0 Å². The zero-order chi connectivity index (χ0) is 19.6. The minimum atomic E-state index is -0.445. The second-order valence-corrected chi connectivity index (χ2v) is 7.78. The Morgan fingerprint density at radius 3 is 2.81 bits per heavy atom. The van der Waals surface area contributed by atoms with E-state index in [2.05, 4.69) is 11.9 Å². The topological polar surface area (TPSA) is 81.5 Å². The van der Waals surface area contributed by atoms with E-state index < -0.39 is 5.97 Å². The number of thiophene rings is 1. The quantitative estimate of drug-likeness (QED) is 0.732. The van der Waals surface area contributed by atoms with E-state index in [-0.39, 0.29) is 30.7 Å². The summed E-state index contributed by atoms with van der Waals surface area (Å²) in [6.45, 7) is 6.53. The molecule has 2 aromatic rings. The summed E-state index contributed by atoms with van der Waals surface area (Å²) < 4.78 is 6.40. The average molecular weight is 391 g/mol. The molecule has 1 fully saturated rings. The van der Waals surface area contributed by atoms with Crippen LogP contribution >= 0.6 is 11.3 Å². The molecule has 0 N–H and O–H groups in total. The number of ether oxygens (including phenoxy) is 1. The fraction of sp³-hybridized carbons (Fsp3) is 0.579. The molecule has 0 aromatic carbocycles. The van der Waals surface area contributed by atoms with Crippen molar-refractivity contribution in [2.45, 2.75) is 59.0 Å². The van der Waals surface area contributed by atoms with Crippen LogP contribution in [0, 0.1) is 6.92 Å². The molecule has 7 nitrogen and oxygen atoms in total. The number of fused-ring (bicyclic) bond motifs is 1. The van der Waals surface area contributed by atoms with E-state index in [1.54, 1.807) is 13.8 Å². The van der Waals surface area contributed by atoms with E-state index >= 15 is 0 Å². The van der Waals surface area contributed by atoms with Crippen LogP contribution in [0.2, 0.25) is 0 Å². The monoisotopic (exact) mass is 391 g/mol. The highest BCUT2D eigenvalue weighted by molar-refractivity contribution is 7.20. The number of hydrogen-bond acceptors (Lipinski definition) is 6. The third-order valence-electron chi connectivity index (χ3n) is 5.10. The molecule has 0 bridgehead atoms. The fourth-order valence-corrected chi connectivity index (χ4v) is 4.69. The summed E-state index contributed by atoms with van der Waals surface area (Å²) in [5.41, 5.74) is 0.278. The number of nitrogens with zero attached hydrogens (tertiary/aromatic N) is 3. The lowest BCUT2D eigenvalue weighted by molar-refractivity contribution is -0.135. The van der Waals surface area contributed by atoms with Crippen molar-refractivity contribution in [3.8, 4) is 0 Å². The zero-order valence-electron chi connectivity index (χ0n) is 16.0. The third-order valence-corrected chi connectivity index (χ3v) is 6.28. The molecule has 2 aromatic heterocycles. The summed E-state index contributed by atoms with van der Waals surface area (Å²) in [6.07, 6.45) is 5.48. The summed E-state index contributed by atoms with van der Waals surface area (Å²) in [6, 6.07) is 0.247. The van der Waals surface area contributed by atoms with Crippen LogP contribution in [0.25, 0.3) is 10.2 Å². The number of aryl methyl sites for hydroxylation is 1. The molecule has 1 amide bonds. The van der Waals surface area contributed by atoms with E-state index in [0.717, 1.165) is 43.6 Å². The van der Waals surface area contributed by atoms with E-state index in [4.69, 9.17) is 4.74 Å². The van der Waals surface area contributed by atoms with Gasteiger partial charge in [0.1, 0.15) is 16.3 Å². The van der Waals surface area contributed by atoms with Crippen LogP contribution in [-0.2, 0) is 16.1 Å². The maximum absolute atomic E-state index is 12.9. The van der Waals surface area contributed by atoms with Crippen LogP contribution in [0.3, 0.4) is 0 Å². The first-order chi connectivity index (χ1) is 13.0. The Morgan fingerprint density at radius 1 is 1.33 bits per heavy atom. The highest BCUT2D eigenvalue weighted by Gasteiger charge is 2.26. The second kappa shape index (κ2) is 8.21. The number of amides is 1. The van der Waals surface area contributed by atoms with Gasteiger partial charge in [-0.2, -0.15) is 0 Å². The molecular weight excluding hydrogens is 366 g/mol. The lowest BCUT2D eigenvalue weighted by atomic mass is 10.00. The van der Waals surface area contributed by atoms with Crippen LogP contribution in [0.4, 0.5) is 0 Å². The molecule has 1 saturated heterocycles. The molecule has 8 heteroatoms. The second-order valence-electron chi connectivity index (χ2n) is 6.78. The highest BCUT2D eigenvalue weighted by Crippen LogP contribution is 2.27. The number of esters is 1. The first-order valence-corrected chi connectivity index (χ1v) is 10.2. The van der Waals surface area contributed by atoms with Gasteiger partial charge in [-0.3, -0.25) is 14.2 Å². The van der Waals surface area contributed by atoms with Gasteiger partial charge in [-0.1, -0.05) is 6.92 Å². The Hall–Kier alpha value is -2.22. The summed E-state index contributed by atoms with van der Waals surface area (Å²) >= 11 is 1.15. The molecule has 0 saturated carbocycles. The maximum Gasteiger partial charge on any atom is 0.348 e. The van der Waals surface area contributed by atoms with Crippen molar-refractivity contribution in [3.63, 3.8) is 0 Å². The number of rotatable bonds is 5. The van der Waals surface area contributed by atoms with Crippen molar-refractivity contribution in [1.29, 1.82) is 0 Å². The minimum Gasteiger partial charge on any atom is -0.462 e. The van der Waals surface area contributed by atoms with E-state index in [0.29, 0.717) is 20.7 Å². The predicted molar refractivity (Wildman–Crippen MR) is 104 cm³/mol. The Labute approximate surface area is 161 Å². The Balaban J connectivity index is 1.90. The molecule has 1 aliphatic heterocycles. The maximum atomic E-state index is 12.9. The summed E-state index contributed by atoms with van der Waals surface area (Å²) in [7, 11) is 0. The van der Waals surface area contributed by atoms with Crippen molar-refractivity contribution in [3.05, 3.63) is 27.1 Å². The van der Waals surface area contributed by atoms with Gasteiger partial charge in [-0.15, -0.1) is 11.3 Å². The standard InChI is InChI=1S/C19H25N3O4S/c1-4-13-8-6-7-9-22(13)14(23)10-21-11-20-17-15(18(21)24)12(3)16(27-17)19(25)26-5-2/h11,13H,4-10H2,1-3H3. The molecule has 0 spiro atoms. The first kappa shape index (κ1) is 19.5. The summed E-state index contributed by atoms with van der Waals surface area (Å²) in [5.74, 6) is -0.498. The first-order valence-electron chi connectivity index (χ1n) is 9.43. The molecule has 1 atom stereocenters. The molecule has 3 rings (SSSR count). The van der Waals surface area contributed by atoms with Crippen LogP contribution in [-0.4, -0.2) is 45.5 Å². The van der Waals surface area contributed by atoms with Gasteiger partial charge in [-0.05, 0) is 45.1 Å². The normalized spacial score (nSPS) is 17.3. The fourth-order valence-electron chi connectivity index (χ4n) is 3.65. The zero-order valence-corrected chi connectivity index (χ0v) is 16.8. The molecule has 0 aliphatic carbocycles. The smallest absolute Gasteiger partial charge is 0.348 e. The molecule has 146 valence electrons. The van der Waals surface area contributed by atoms with Gasteiger partial charge in [0.2, 0.25) is 5.91 Å². The number of likely N-dealkylation sites (tertiary alicyclic amines) is 1. The molecule has 3 heterocycles. The van der Waals surface area contributed by atoms with Gasteiger partial charge in [0, 0.05) is 12.6 Å². The van der Waals surface area contributed by atoms with Gasteiger partial charge in [0.05, 0.1) is 18.3 Å². The van der Waals surface area contributed by atoms with Gasteiger partial charge in [-0.25, -0.2) is 9.78 Å². The number of hydrogen-bond donors (Lipinski definition) is 0. The van der Waals surface area contributed by atoms with E-state index in [1.807, 2.05) is 4.90 Å². The van der Waals surface area contributed by atoms with Gasteiger partial charge < -0.3 is 9.64 Å². The molecule has 0 radical (unpaired) electrons. The lowest BCUT2D eigenvalue weighted by Crippen LogP contribution is -2.45. The Kier molecular flexibility index (Phi) is 5.94. The number of piperidine rings is 1. The van der Waals surface area contributed by atoms with E-state index in [1.165, 1.54) is 10.9 Å². The third kappa shape index (κ3) is 3.76. The largest absolute Gasteiger partial charge is 0.462 e. The van der Waals surface area contributed by atoms with Crippen LogP contribution in [0.15, 0.2) is 11.1 Å². The van der Waals surface area contributed by atoms with Gasteiger partial charge >= 0.3 is 5.97 Å².